The summed E-state index contributed by atoms with van der Waals surface area (Å²) in [6.07, 6.45) is -1.50. The topological polar surface area (TPSA) is 156 Å². The number of aromatic amines is 1. The molecule has 7 rings (SSSR count). The molecule has 4 heterocycles. The van der Waals surface area contributed by atoms with Crippen LogP contribution in [0.1, 0.15) is 16.7 Å². The summed E-state index contributed by atoms with van der Waals surface area (Å²) in [5, 5.41) is 23.3. The molecule has 13 heteroatoms. The van der Waals surface area contributed by atoms with Gasteiger partial charge in [0.1, 0.15) is 18.3 Å². The summed E-state index contributed by atoms with van der Waals surface area (Å²) in [4.78, 5) is 24.2. The molecule has 0 spiro atoms. The van der Waals surface area contributed by atoms with E-state index in [2.05, 4.69) is 20.9 Å². The molecule has 0 saturated carbocycles. The van der Waals surface area contributed by atoms with Gasteiger partial charge < -0.3 is 24.3 Å². The number of ether oxygens (including phenoxy) is 3. The molecule has 11 nitrogen and oxygen atoms in total. The monoisotopic (exact) mass is 684 g/mol. The molecule has 3 aromatic carbocycles. The fourth-order valence-corrected chi connectivity index (χ4v) is 6.48. The van der Waals surface area contributed by atoms with Crippen LogP contribution in [0.3, 0.4) is 0 Å². The van der Waals surface area contributed by atoms with Crippen LogP contribution in [0.5, 0.6) is 6.01 Å². The zero-order valence-electron chi connectivity index (χ0n) is 25.4. The summed E-state index contributed by atoms with van der Waals surface area (Å²) < 4.78 is 28.0. The van der Waals surface area contributed by atoms with E-state index in [-0.39, 0.29) is 26.6 Å². The van der Waals surface area contributed by atoms with Gasteiger partial charge in [0, 0.05) is 5.56 Å². The summed E-state index contributed by atoms with van der Waals surface area (Å²) in [6, 6.07) is 24.3. The van der Waals surface area contributed by atoms with Crippen LogP contribution in [0.4, 0.5) is 0 Å². The molecule has 5 aromatic rings. The van der Waals surface area contributed by atoms with Crippen molar-refractivity contribution in [1.82, 2.24) is 20.3 Å². The Morgan fingerprint density at radius 1 is 0.979 bits per heavy atom. The number of hydrogen-bond acceptors (Lipinski definition) is 9. The summed E-state index contributed by atoms with van der Waals surface area (Å²) in [5.74, 6) is -0.931. The Labute approximate surface area is 281 Å². The first-order chi connectivity index (χ1) is 23.3. The number of nitrogens with zero attached hydrogens (tertiary/aromatic N) is 2. The molecule has 5 atom stereocenters. The summed E-state index contributed by atoms with van der Waals surface area (Å²) in [7, 11) is -0.191. The molecule has 2 fully saturated rings. The van der Waals surface area contributed by atoms with Crippen LogP contribution < -0.4 is 10.1 Å². The van der Waals surface area contributed by atoms with Crippen molar-refractivity contribution >= 4 is 36.6 Å². The molecule has 48 heavy (non-hydrogen) atoms. The van der Waals surface area contributed by atoms with Crippen LogP contribution in [-0.2, 0) is 31.8 Å². The number of fused-ring (bicyclic) bond motifs is 2. The minimum atomic E-state index is -0.931. The number of benzene rings is 3. The number of H-pyrrole nitrogens is 1. The van der Waals surface area contributed by atoms with Crippen LogP contribution >= 0.6 is 19.5 Å². The van der Waals surface area contributed by atoms with Crippen molar-refractivity contribution in [2.24, 2.45) is 0 Å². The molecule has 2 aromatic heterocycles. The number of nitrogens with one attached hydrogen (secondary N) is 2. The number of pyridine rings is 1. The average molecular weight is 685 g/mol. The molecule has 2 aliphatic heterocycles. The van der Waals surface area contributed by atoms with Gasteiger partial charge in [0.05, 0.1) is 29.4 Å². The van der Waals surface area contributed by atoms with Crippen molar-refractivity contribution in [1.29, 1.82) is 0 Å². The number of halogens is 1. The van der Waals surface area contributed by atoms with Crippen molar-refractivity contribution in [3.8, 4) is 34.0 Å². The first kappa shape index (κ1) is 32.2. The van der Waals surface area contributed by atoms with E-state index < -0.39 is 30.3 Å². The van der Waals surface area contributed by atoms with Gasteiger partial charge in [-0.2, -0.15) is 4.98 Å². The van der Waals surface area contributed by atoms with E-state index in [0.29, 0.717) is 47.0 Å². The summed E-state index contributed by atoms with van der Waals surface area (Å²) in [5.41, 5.74) is 9.68. The van der Waals surface area contributed by atoms with Crippen molar-refractivity contribution in [2.45, 2.75) is 43.4 Å². The van der Waals surface area contributed by atoms with E-state index >= 15 is 0 Å². The quantitative estimate of drug-likeness (QED) is 0.144. The fraction of sp³-hybridized carbons (Fsp3) is 0.257. The SMILES string of the molecule is O=P#Cc1ccc(C[C@H](NCc2ccc(-c3ccc(-c4nc5nc(O[C@@H]6CO[C@H]7[C@@H]6OC[C@H]7O)[nH]c5cc4Cl)cc3)cc2)C(=O)O)cc1. The Morgan fingerprint density at radius 2 is 1.65 bits per heavy atom. The zero-order chi connectivity index (χ0) is 33.2. The number of aliphatic carboxylic acids is 1. The second-order valence-electron chi connectivity index (χ2n) is 11.7. The van der Waals surface area contributed by atoms with Crippen LogP contribution in [-0.4, -0.2) is 74.8 Å². The molecule has 4 N–H and O–H groups in total. The third-order valence-corrected chi connectivity index (χ3v) is 9.15. The number of imidazole rings is 1. The number of aliphatic hydroxyl groups is 1. The molecule has 0 aliphatic carbocycles. The van der Waals surface area contributed by atoms with Gasteiger partial charge in [0.25, 0.3) is 6.01 Å². The van der Waals surface area contributed by atoms with Crippen LogP contribution in [0.2, 0.25) is 5.02 Å². The first-order valence-electron chi connectivity index (χ1n) is 15.3. The zero-order valence-corrected chi connectivity index (χ0v) is 27.0. The normalized spacial score (nSPS) is 20.7. The van der Waals surface area contributed by atoms with E-state index in [0.717, 1.165) is 27.8 Å². The van der Waals surface area contributed by atoms with E-state index in [1.165, 1.54) is 0 Å². The van der Waals surface area contributed by atoms with E-state index in [9.17, 15) is 19.6 Å². The summed E-state index contributed by atoms with van der Waals surface area (Å²) >= 11 is 6.64. The molecule has 0 amide bonds. The van der Waals surface area contributed by atoms with Gasteiger partial charge in [-0.25, -0.2) is 4.98 Å². The number of carboxylic acids is 1. The Balaban J connectivity index is 0.988. The molecule has 0 radical (unpaired) electrons. The molecule has 0 unspecified atom stereocenters. The molecular formula is C35H30ClN4O7P. The predicted molar refractivity (Wildman–Crippen MR) is 179 cm³/mol. The van der Waals surface area contributed by atoms with Gasteiger partial charge in [0.15, 0.2) is 11.8 Å². The average Bonchev–Trinajstić information content (AvgIpc) is 3.80. The Hall–Kier alpha value is -4.31. The van der Waals surface area contributed by atoms with Gasteiger partial charge >= 0.3 is 124 Å². The number of carbonyl (C=O) groups is 1. The second kappa shape index (κ2) is 14.0. The van der Waals surface area contributed by atoms with Gasteiger partial charge in [-0.1, -0.05) is 35.9 Å². The maximum atomic E-state index is 11.9. The van der Waals surface area contributed by atoms with Crippen molar-refractivity contribution in [3.63, 3.8) is 0 Å². The van der Waals surface area contributed by atoms with Crippen molar-refractivity contribution < 1.29 is 33.8 Å². The van der Waals surface area contributed by atoms with E-state index in [4.69, 9.17) is 30.8 Å². The summed E-state index contributed by atoms with van der Waals surface area (Å²) in [6.45, 7) is 0.901. The fourth-order valence-electron chi connectivity index (χ4n) is 5.97. The van der Waals surface area contributed by atoms with Gasteiger partial charge in [-0.05, 0) is 17.2 Å². The Morgan fingerprint density at radius 3 is 2.35 bits per heavy atom. The number of hydrogen-bond donors (Lipinski definition) is 4. The number of rotatable bonds is 10. The number of aliphatic hydroxyl groups excluding tert-OH is 1. The molecule has 244 valence electrons. The third kappa shape index (κ3) is 6.95. The van der Waals surface area contributed by atoms with Gasteiger partial charge in [0.2, 0.25) is 0 Å². The van der Waals surface area contributed by atoms with Gasteiger partial charge in [-0.3, -0.25) is 0 Å². The van der Waals surface area contributed by atoms with Crippen LogP contribution in [0.25, 0.3) is 33.5 Å². The molecule has 2 aliphatic rings. The standard InChI is InChI=1S/C35H30ClN4O7P/c36-25-14-26-33(40-35(38-26)47-29-17-46-31-28(41)16-45-32(29)31)39-30(25)24-11-9-23(10-12-24)22-7-5-20(6-8-22)15-37-27(34(42)43)13-19-1-3-21(4-2-19)18-48-44/h1-12,14,27-29,31-32,37,41H,13,15-17H2,(H,42,43)(H,38,39,40)/t27-,28+,29+,31+,32+/m0/s1. The Kier molecular flexibility index (Phi) is 9.43. The Bertz CT molecular complexity index is 2050. The van der Waals surface area contributed by atoms with Crippen molar-refractivity contribution in [3.05, 3.63) is 101 Å². The second-order valence-corrected chi connectivity index (χ2v) is 12.5. The maximum absolute atomic E-state index is 11.9. The van der Waals surface area contributed by atoms with Gasteiger partial charge in [-0.15, -0.1) is 0 Å². The number of carboxylic acid groups (broad SMARTS) is 1. The molecular weight excluding hydrogens is 655 g/mol. The predicted octanol–water partition coefficient (Wildman–Crippen LogP) is 5.24. The van der Waals surface area contributed by atoms with Crippen molar-refractivity contribution in [2.75, 3.05) is 13.2 Å². The van der Waals surface area contributed by atoms with Crippen LogP contribution in [0.15, 0.2) is 78.9 Å². The molecule has 2 saturated heterocycles. The number of aromatic nitrogens is 3. The van der Waals surface area contributed by atoms with E-state index in [1.807, 2.05) is 60.7 Å². The third-order valence-electron chi connectivity index (χ3n) is 8.51. The molecule has 0 bridgehead atoms. The van der Waals surface area contributed by atoms with Crippen LogP contribution in [0, 0.1) is 5.63 Å². The first-order valence-corrected chi connectivity index (χ1v) is 16.5. The minimum absolute atomic E-state index is 0.191. The van der Waals surface area contributed by atoms with E-state index in [1.54, 1.807) is 18.2 Å².